The first-order valence-electron chi connectivity index (χ1n) is 6.21. The van der Waals surface area contributed by atoms with E-state index in [1.807, 2.05) is 60.7 Å². The summed E-state index contributed by atoms with van der Waals surface area (Å²) in [6.07, 6.45) is -0.891. The standard InChI is InChI=1S/C16H14O3/c17-14(12-7-3-1-4-8-12)16(11-19-15(16)18)13-9-5-2-6-10-13/h1-10,14,17H,11H2/t14-,16+/m1/s1. The van der Waals surface area contributed by atoms with Gasteiger partial charge in [0.05, 0.1) is 0 Å². The molecule has 1 N–H and O–H groups in total. The molecule has 96 valence electrons. The predicted molar refractivity (Wildman–Crippen MR) is 70.5 cm³/mol. The van der Waals surface area contributed by atoms with Crippen molar-refractivity contribution < 1.29 is 14.6 Å². The van der Waals surface area contributed by atoms with Crippen LogP contribution in [0.3, 0.4) is 0 Å². The van der Waals surface area contributed by atoms with Crippen LogP contribution in [0, 0.1) is 0 Å². The summed E-state index contributed by atoms with van der Waals surface area (Å²) < 4.78 is 4.94. The first kappa shape index (κ1) is 11.9. The van der Waals surface area contributed by atoms with Gasteiger partial charge in [0.25, 0.3) is 0 Å². The lowest BCUT2D eigenvalue weighted by Gasteiger charge is -2.42. The zero-order valence-electron chi connectivity index (χ0n) is 10.3. The Morgan fingerprint density at radius 2 is 1.58 bits per heavy atom. The van der Waals surface area contributed by atoms with E-state index in [9.17, 15) is 9.90 Å². The van der Waals surface area contributed by atoms with Crippen LogP contribution >= 0.6 is 0 Å². The highest BCUT2D eigenvalue weighted by atomic mass is 16.6. The SMILES string of the molecule is O=C1OC[C@]1(c1ccccc1)[C@H](O)c1ccccc1. The molecule has 1 fully saturated rings. The Morgan fingerprint density at radius 3 is 2.05 bits per heavy atom. The Bertz CT molecular complexity index is 579. The largest absolute Gasteiger partial charge is 0.463 e. The number of hydrogen-bond donors (Lipinski definition) is 1. The van der Waals surface area contributed by atoms with Crippen LogP contribution in [0.25, 0.3) is 0 Å². The van der Waals surface area contributed by atoms with E-state index in [4.69, 9.17) is 4.74 Å². The van der Waals surface area contributed by atoms with Gasteiger partial charge in [0.1, 0.15) is 12.7 Å². The molecule has 2 aromatic rings. The van der Waals surface area contributed by atoms with Gasteiger partial charge in [-0.25, -0.2) is 0 Å². The molecule has 0 aromatic heterocycles. The third-order valence-electron chi connectivity index (χ3n) is 3.67. The highest BCUT2D eigenvalue weighted by Gasteiger charge is 2.56. The van der Waals surface area contributed by atoms with E-state index in [0.29, 0.717) is 0 Å². The topological polar surface area (TPSA) is 46.5 Å². The van der Waals surface area contributed by atoms with Crippen molar-refractivity contribution in [3.05, 3.63) is 71.8 Å². The molecule has 2 atom stereocenters. The minimum Gasteiger partial charge on any atom is -0.463 e. The summed E-state index contributed by atoms with van der Waals surface area (Å²) in [5.74, 6) is -0.366. The number of aliphatic hydroxyl groups excluding tert-OH is 1. The fraction of sp³-hybridized carbons (Fsp3) is 0.188. The molecule has 1 saturated heterocycles. The van der Waals surface area contributed by atoms with E-state index in [1.54, 1.807) is 0 Å². The number of cyclic esters (lactones) is 1. The third-order valence-corrected chi connectivity index (χ3v) is 3.67. The fourth-order valence-corrected chi connectivity index (χ4v) is 2.49. The molecule has 0 saturated carbocycles. The minimum absolute atomic E-state index is 0.214. The van der Waals surface area contributed by atoms with Crippen LogP contribution in [0.4, 0.5) is 0 Å². The minimum atomic E-state index is -0.970. The molecule has 0 spiro atoms. The van der Waals surface area contributed by atoms with Crippen LogP contribution < -0.4 is 0 Å². The summed E-state index contributed by atoms with van der Waals surface area (Å²) in [6, 6.07) is 18.5. The second kappa shape index (κ2) is 4.52. The number of hydrogen-bond acceptors (Lipinski definition) is 3. The van der Waals surface area contributed by atoms with Gasteiger partial charge in [-0.3, -0.25) is 4.79 Å². The van der Waals surface area contributed by atoms with E-state index in [2.05, 4.69) is 0 Å². The van der Waals surface area contributed by atoms with Gasteiger partial charge in [-0.05, 0) is 11.1 Å². The smallest absolute Gasteiger partial charge is 0.323 e. The zero-order chi connectivity index (χ0) is 13.3. The molecule has 0 aliphatic carbocycles. The van der Waals surface area contributed by atoms with E-state index in [-0.39, 0.29) is 12.6 Å². The van der Waals surface area contributed by atoms with Crippen molar-refractivity contribution in [3.8, 4) is 0 Å². The molecular weight excluding hydrogens is 240 g/mol. The van der Waals surface area contributed by atoms with Crippen LogP contribution in [0.1, 0.15) is 17.2 Å². The Morgan fingerprint density at radius 1 is 1.00 bits per heavy atom. The summed E-state index contributed by atoms with van der Waals surface area (Å²) >= 11 is 0. The lowest BCUT2D eigenvalue weighted by molar-refractivity contribution is -0.184. The van der Waals surface area contributed by atoms with E-state index >= 15 is 0 Å². The summed E-state index contributed by atoms with van der Waals surface area (Å²) in [7, 11) is 0. The molecule has 1 heterocycles. The normalized spacial score (nSPS) is 23.3. The van der Waals surface area contributed by atoms with Crippen LogP contribution in [-0.4, -0.2) is 17.7 Å². The average molecular weight is 254 g/mol. The van der Waals surface area contributed by atoms with Crippen molar-refractivity contribution in [1.82, 2.24) is 0 Å². The van der Waals surface area contributed by atoms with Crippen LogP contribution in [0.15, 0.2) is 60.7 Å². The van der Waals surface area contributed by atoms with Gasteiger partial charge in [-0.2, -0.15) is 0 Å². The molecular formula is C16H14O3. The number of rotatable bonds is 3. The Kier molecular flexibility index (Phi) is 2.84. The molecule has 19 heavy (non-hydrogen) atoms. The van der Waals surface area contributed by atoms with Crippen molar-refractivity contribution in [2.45, 2.75) is 11.5 Å². The molecule has 0 bridgehead atoms. The molecule has 0 radical (unpaired) electrons. The van der Waals surface area contributed by atoms with Crippen LogP contribution in [-0.2, 0) is 14.9 Å². The summed E-state index contributed by atoms with van der Waals surface area (Å²) in [6.45, 7) is 0.214. The highest BCUT2D eigenvalue weighted by molar-refractivity contribution is 5.89. The van der Waals surface area contributed by atoms with Crippen molar-refractivity contribution in [2.75, 3.05) is 6.61 Å². The molecule has 2 aromatic carbocycles. The fourth-order valence-electron chi connectivity index (χ4n) is 2.49. The molecule has 3 rings (SSSR count). The molecule has 3 heteroatoms. The maximum Gasteiger partial charge on any atom is 0.323 e. The molecule has 0 amide bonds. The number of benzene rings is 2. The monoisotopic (exact) mass is 254 g/mol. The van der Waals surface area contributed by atoms with Gasteiger partial charge in [0.2, 0.25) is 0 Å². The van der Waals surface area contributed by atoms with E-state index in [1.165, 1.54) is 0 Å². The maximum atomic E-state index is 12.0. The highest BCUT2D eigenvalue weighted by Crippen LogP contribution is 2.44. The van der Waals surface area contributed by atoms with Gasteiger partial charge in [-0.15, -0.1) is 0 Å². The van der Waals surface area contributed by atoms with Crippen molar-refractivity contribution >= 4 is 5.97 Å². The predicted octanol–water partition coefficient (Wildman–Crippen LogP) is 2.21. The molecule has 0 unspecified atom stereocenters. The number of aliphatic hydroxyl groups is 1. The molecule has 1 aliphatic rings. The lowest BCUT2D eigenvalue weighted by Crippen LogP contribution is -2.56. The van der Waals surface area contributed by atoms with Gasteiger partial charge in [0, 0.05) is 0 Å². The second-order valence-corrected chi connectivity index (χ2v) is 4.73. The number of carbonyl (C=O) groups is 1. The number of esters is 1. The van der Waals surface area contributed by atoms with Gasteiger partial charge < -0.3 is 9.84 Å². The van der Waals surface area contributed by atoms with Crippen molar-refractivity contribution in [2.24, 2.45) is 0 Å². The lowest BCUT2D eigenvalue weighted by atomic mass is 9.71. The van der Waals surface area contributed by atoms with Gasteiger partial charge >= 0.3 is 5.97 Å². The van der Waals surface area contributed by atoms with E-state index < -0.39 is 11.5 Å². The number of ether oxygens (including phenoxy) is 1. The van der Waals surface area contributed by atoms with E-state index in [0.717, 1.165) is 11.1 Å². The first-order valence-corrected chi connectivity index (χ1v) is 6.21. The zero-order valence-corrected chi connectivity index (χ0v) is 10.3. The first-order chi connectivity index (χ1) is 9.25. The summed E-state index contributed by atoms with van der Waals surface area (Å²) in [5.41, 5.74) is 0.549. The van der Waals surface area contributed by atoms with Crippen molar-refractivity contribution in [3.63, 3.8) is 0 Å². The summed E-state index contributed by atoms with van der Waals surface area (Å²) in [5, 5.41) is 10.6. The Labute approximate surface area is 111 Å². The third kappa shape index (κ3) is 1.74. The molecule has 3 nitrogen and oxygen atoms in total. The van der Waals surface area contributed by atoms with Crippen molar-refractivity contribution in [1.29, 1.82) is 0 Å². The van der Waals surface area contributed by atoms with Crippen LogP contribution in [0.2, 0.25) is 0 Å². The quantitative estimate of drug-likeness (QED) is 0.854. The van der Waals surface area contributed by atoms with Gasteiger partial charge in [-0.1, -0.05) is 60.7 Å². The Balaban J connectivity index is 2.05. The van der Waals surface area contributed by atoms with Crippen LogP contribution in [0.5, 0.6) is 0 Å². The Hall–Kier alpha value is -2.13. The maximum absolute atomic E-state index is 12.0. The summed E-state index contributed by atoms with van der Waals surface area (Å²) in [4.78, 5) is 12.0. The molecule has 1 aliphatic heterocycles. The average Bonchev–Trinajstić information content (AvgIpc) is 2.48. The van der Waals surface area contributed by atoms with Gasteiger partial charge in [0.15, 0.2) is 5.41 Å². The second-order valence-electron chi connectivity index (χ2n) is 4.73. The number of carbonyl (C=O) groups excluding carboxylic acids is 1.